The monoisotopic (exact) mass is 548 g/mol. The minimum absolute atomic E-state index is 0.0782. The number of halogens is 1. The number of hydrazone groups is 1. The van der Waals surface area contributed by atoms with E-state index in [0.717, 1.165) is 35.6 Å². The molecule has 4 rings (SSSR count). The molecule has 0 bridgehead atoms. The van der Waals surface area contributed by atoms with E-state index in [0.29, 0.717) is 21.6 Å². The van der Waals surface area contributed by atoms with Gasteiger partial charge in [0.25, 0.3) is 5.91 Å². The first-order valence-electron chi connectivity index (χ1n) is 12.2. The number of aryl methyl sites for hydroxylation is 1. The van der Waals surface area contributed by atoms with Crippen LogP contribution in [-0.4, -0.2) is 50.8 Å². The van der Waals surface area contributed by atoms with Gasteiger partial charge in [0.1, 0.15) is 5.75 Å². The van der Waals surface area contributed by atoms with Crippen LogP contribution in [0.3, 0.4) is 0 Å². The van der Waals surface area contributed by atoms with Crippen molar-refractivity contribution in [1.82, 2.24) is 20.2 Å². The molecule has 0 saturated carbocycles. The van der Waals surface area contributed by atoms with Crippen LogP contribution < -0.4 is 10.3 Å². The molecule has 0 aliphatic rings. The fraction of sp³-hybridized carbons (Fsp3) is 0.214. The first kappa shape index (κ1) is 27.2. The van der Waals surface area contributed by atoms with Crippen LogP contribution >= 0.6 is 23.4 Å². The standard InChI is InChI=1S/C28H29ClN6O2S/c1-4-34(5-2)24-15-10-21(25(36)16-24)17-30-31-26(37)18-38-28-33-32-27(20-8-11-22(29)12-9-20)35(28)23-13-6-19(3)7-14-23/h6-17,36H,4-5,18H2,1-3H3,(H,31,37). The van der Waals surface area contributed by atoms with Crippen LogP contribution in [0.4, 0.5) is 5.69 Å². The molecule has 0 saturated heterocycles. The Balaban J connectivity index is 1.46. The molecule has 0 radical (unpaired) electrons. The summed E-state index contributed by atoms with van der Waals surface area (Å²) in [6.07, 6.45) is 1.43. The van der Waals surface area contributed by atoms with Gasteiger partial charge in [-0.05, 0) is 69.3 Å². The van der Waals surface area contributed by atoms with Gasteiger partial charge < -0.3 is 10.0 Å². The second kappa shape index (κ2) is 12.6. The molecule has 2 N–H and O–H groups in total. The highest BCUT2D eigenvalue weighted by atomic mass is 35.5. The number of nitrogens with one attached hydrogen (secondary N) is 1. The number of phenolic OH excluding ortho intramolecular Hbond substituents is 1. The molecular weight excluding hydrogens is 520 g/mol. The van der Waals surface area contributed by atoms with Crippen molar-refractivity contribution in [3.8, 4) is 22.8 Å². The van der Waals surface area contributed by atoms with Gasteiger partial charge in [0.2, 0.25) is 0 Å². The summed E-state index contributed by atoms with van der Waals surface area (Å²) in [4.78, 5) is 14.7. The Morgan fingerprint density at radius 3 is 2.45 bits per heavy atom. The predicted molar refractivity (Wildman–Crippen MR) is 155 cm³/mol. The number of hydrogen-bond donors (Lipinski definition) is 2. The van der Waals surface area contributed by atoms with Crippen molar-refractivity contribution in [1.29, 1.82) is 0 Å². The van der Waals surface area contributed by atoms with Gasteiger partial charge >= 0.3 is 0 Å². The summed E-state index contributed by atoms with van der Waals surface area (Å²) in [7, 11) is 0. The molecular formula is C28H29ClN6O2S. The Morgan fingerprint density at radius 1 is 1.08 bits per heavy atom. The second-order valence-electron chi connectivity index (χ2n) is 8.48. The molecule has 0 fully saturated rings. The van der Waals surface area contributed by atoms with Gasteiger partial charge in [0, 0.05) is 46.7 Å². The van der Waals surface area contributed by atoms with Crippen molar-refractivity contribution in [2.45, 2.75) is 25.9 Å². The van der Waals surface area contributed by atoms with Gasteiger partial charge in [-0.3, -0.25) is 9.36 Å². The molecule has 10 heteroatoms. The molecule has 8 nitrogen and oxygen atoms in total. The van der Waals surface area contributed by atoms with Crippen LogP contribution in [0.2, 0.25) is 5.02 Å². The summed E-state index contributed by atoms with van der Waals surface area (Å²) in [6.45, 7) is 7.83. The minimum Gasteiger partial charge on any atom is -0.507 e. The fourth-order valence-electron chi connectivity index (χ4n) is 3.84. The number of nitrogens with zero attached hydrogens (tertiary/aromatic N) is 5. The molecule has 4 aromatic rings. The maximum atomic E-state index is 12.5. The van der Waals surface area contributed by atoms with Crippen molar-refractivity contribution in [2.75, 3.05) is 23.7 Å². The third-order valence-corrected chi connectivity index (χ3v) is 7.08. The molecule has 38 heavy (non-hydrogen) atoms. The number of benzene rings is 3. The van der Waals surface area contributed by atoms with E-state index in [1.165, 1.54) is 18.0 Å². The van der Waals surface area contributed by atoms with E-state index in [-0.39, 0.29) is 17.4 Å². The highest BCUT2D eigenvalue weighted by molar-refractivity contribution is 7.99. The summed E-state index contributed by atoms with van der Waals surface area (Å²) in [5, 5.41) is 24.3. The number of phenols is 1. The molecule has 0 atom stereocenters. The van der Waals surface area contributed by atoms with Crippen molar-refractivity contribution in [2.24, 2.45) is 5.10 Å². The molecule has 0 aliphatic carbocycles. The van der Waals surface area contributed by atoms with Crippen LogP contribution in [0.25, 0.3) is 17.1 Å². The van der Waals surface area contributed by atoms with Crippen molar-refractivity contribution < 1.29 is 9.90 Å². The maximum absolute atomic E-state index is 12.5. The summed E-state index contributed by atoms with van der Waals surface area (Å²) in [6, 6.07) is 20.8. The fourth-order valence-corrected chi connectivity index (χ4v) is 4.71. The largest absolute Gasteiger partial charge is 0.507 e. The average molecular weight is 549 g/mol. The highest BCUT2D eigenvalue weighted by Gasteiger charge is 2.17. The molecule has 196 valence electrons. The summed E-state index contributed by atoms with van der Waals surface area (Å²) in [5.74, 6) is 0.518. The van der Waals surface area contributed by atoms with E-state index in [9.17, 15) is 9.90 Å². The number of anilines is 1. The van der Waals surface area contributed by atoms with Crippen molar-refractivity contribution in [3.63, 3.8) is 0 Å². The van der Waals surface area contributed by atoms with E-state index in [1.807, 2.05) is 54.0 Å². The number of amides is 1. The summed E-state index contributed by atoms with van der Waals surface area (Å²) in [5.41, 5.74) is 6.84. The Kier molecular flexibility index (Phi) is 9.04. The molecule has 0 unspecified atom stereocenters. The third kappa shape index (κ3) is 6.54. The first-order valence-corrected chi connectivity index (χ1v) is 13.6. The Bertz CT molecular complexity index is 1420. The van der Waals surface area contributed by atoms with Gasteiger partial charge in [0.15, 0.2) is 11.0 Å². The van der Waals surface area contributed by atoms with Crippen LogP contribution in [0, 0.1) is 6.92 Å². The Morgan fingerprint density at radius 2 is 1.79 bits per heavy atom. The summed E-state index contributed by atoms with van der Waals surface area (Å²) < 4.78 is 1.92. The van der Waals surface area contributed by atoms with Gasteiger partial charge in [0.05, 0.1) is 12.0 Å². The van der Waals surface area contributed by atoms with Gasteiger partial charge in [-0.1, -0.05) is 41.1 Å². The number of aromatic nitrogens is 3. The zero-order valence-electron chi connectivity index (χ0n) is 21.4. The average Bonchev–Trinajstić information content (AvgIpc) is 3.34. The molecule has 1 aromatic heterocycles. The van der Waals surface area contributed by atoms with Gasteiger partial charge in [-0.2, -0.15) is 5.10 Å². The first-order chi connectivity index (χ1) is 18.4. The van der Waals surface area contributed by atoms with Crippen LogP contribution in [0.1, 0.15) is 25.0 Å². The SMILES string of the molecule is CCN(CC)c1ccc(C=NNC(=O)CSc2nnc(-c3ccc(Cl)cc3)n2-c2ccc(C)cc2)c(O)c1. The quantitative estimate of drug-likeness (QED) is 0.150. The van der Waals surface area contributed by atoms with Crippen LogP contribution in [0.15, 0.2) is 77.0 Å². The lowest BCUT2D eigenvalue weighted by molar-refractivity contribution is -0.118. The number of thioether (sulfide) groups is 1. The molecule has 1 heterocycles. The lowest BCUT2D eigenvalue weighted by Gasteiger charge is -2.21. The van der Waals surface area contributed by atoms with Crippen LogP contribution in [-0.2, 0) is 4.79 Å². The second-order valence-corrected chi connectivity index (χ2v) is 9.86. The number of carbonyl (C=O) groups is 1. The predicted octanol–water partition coefficient (Wildman–Crippen LogP) is 5.69. The zero-order chi connectivity index (χ0) is 27.1. The van der Waals surface area contributed by atoms with Crippen LogP contribution in [0.5, 0.6) is 5.75 Å². The van der Waals surface area contributed by atoms with E-state index >= 15 is 0 Å². The van der Waals surface area contributed by atoms with E-state index in [2.05, 4.69) is 39.5 Å². The molecule has 0 spiro atoms. The number of aromatic hydroxyl groups is 1. The summed E-state index contributed by atoms with van der Waals surface area (Å²) >= 11 is 7.32. The Labute approximate surface area is 231 Å². The smallest absolute Gasteiger partial charge is 0.250 e. The minimum atomic E-state index is -0.308. The Hall–Kier alpha value is -3.82. The van der Waals surface area contributed by atoms with E-state index < -0.39 is 0 Å². The lowest BCUT2D eigenvalue weighted by Crippen LogP contribution is -2.21. The van der Waals surface area contributed by atoms with Gasteiger partial charge in [-0.25, -0.2) is 5.43 Å². The number of rotatable bonds is 10. The lowest BCUT2D eigenvalue weighted by atomic mass is 10.2. The van der Waals surface area contributed by atoms with Crippen molar-refractivity contribution >= 4 is 41.2 Å². The van der Waals surface area contributed by atoms with Crippen molar-refractivity contribution in [3.05, 3.63) is 82.9 Å². The molecule has 1 amide bonds. The van der Waals surface area contributed by atoms with E-state index in [1.54, 1.807) is 24.3 Å². The molecule has 3 aromatic carbocycles. The molecule has 0 aliphatic heterocycles. The topological polar surface area (TPSA) is 95.6 Å². The maximum Gasteiger partial charge on any atom is 0.250 e. The van der Waals surface area contributed by atoms with Gasteiger partial charge in [-0.15, -0.1) is 10.2 Å². The number of hydrogen-bond acceptors (Lipinski definition) is 7. The van der Waals surface area contributed by atoms with E-state index in [4.69, 9.17) is 11.6 Å². The normalized spacial score (nSPS) is 11.2. The highest BCUT2D eigenvalue weighted by Crippen LogP contribution is 2.29. The number of carbonyl (C=O) groups excluding carboxylic acids is 1. The zero-order valence-corrected chi connectivity index (χ0v) is 23.0. The third-order valence-electron chi connectivity index (χ3n) is 5.90.